The molecule has 0 aliphatic carbocycles. The molecule has 0 radical (unpaired) electrons. The second-order valence-electron chi connectivity index (χ2n) is 14.2. The number of benzene rings is 1. The molecule has 2 aliphatic heterocycles. The summed E-state index contributed by atoms with van der Waals surface area (Å²) in [5, 5.41) is 1.18. The quantitative estimate of drug-likeness (QED) is 0.268. The van der Waals surface area contributed by atoms with E-state index in [-0.39, 0.29) is 17.9 Å². The molecule has 2 amide bonds. The van der Waals surface area contributed by atoms with Crippen molar-refractivity contribution in [2.45, 2.75) is 79.3 Å². The van der Waals surface area contributed by atoms with E-state index in [0.717, 1.165) is 69.7 Å². The van der Waals surface area contributed by atoms with E-state index in [1.54, 1.807) is 24.9 Å². The molecule has 0 N–H and O–H groups in total. The van der Waals surface area contributed by atoms with Crippen molar-refractivity contribution >= 4 is 22.7 Å². The summed E-state index contributed by atoms with van der Waals surface area (Å²) in [6, 6.07) is 5.06. The summed E-state index contributed by atoms with van der Waals surface area (Å²) in [4.78, 5) is 38.5. The average Bonchev–Trinajstić information content (AvgIpc) is 3.64. The van der Waals surface area contributed by atoms with E-state index in [2.05, 4.69) is 41.8 Å². The third-order valence-corrected chi connectivity index (χ3v) is 10.4. The van der Waals surface area contributed by atoms with Crippen LogP contribution in [0, 0.1) is 24.6 Å². The van der Waals surface area contributed by atoms with Crippen molar-refractivity contribution in [1.82, 2.24) is 29.2 Å². The number of hydrogen-bond donors (Lipinski definition) is 0. The number of carbonyl (C=O) groups is 2. The van der Waals surface area contributed by atoms with Gasteiger partial charge in [0.2, 0.25) is 5.91 Å². The van der Waals surface area contributed by atoms with Crippen LogP contribution in [0.4, 0.5) is 4.39 Å². The average molecular weight is 633 g/mol. The van der Waals surface area contributed by atoms with Crippen LogP contribution >= 0.6 is 0 Å². The molecule has 5 rings (SSSR count). The van der Waals surface area contributed by atoms with Gasteiger partial charge in [0.1, 0.15) is 5.82 Å². The highest BCUT2D eigenvalue weighted by Gasteiger charge is 2.31. The predicted octanol–water partition coefficient (Wildman–Crippen LogP) is 5.79. The lowest BCUT2D eigenvalue weighted by atomic mass is 9.96. The van der Waals surface area contributed by atoms with Gasteiger partial charge in [0.05, 0.1) is 23.0 Å². The van der Waals surface area contributed by atoms with E-state index in [4.69, 9.17) is 0 Å². The highest BCUT2D eigenvalue weighted by Crippen LogP contribution is 2.34. The number of amides is 2. The maximum atomic E-state index is 14.5. The summed E-state index contributed by atoms with van der Waals surface area (Å²) in [6.07, 6.45) is 10.4. The van der Waals surface area contributed by atoms with Crippen molar-refractivity contribution in [3.8, 4) is 5.69 Å². The van der Waals surface area contributed by atoms with Crippen molar-refractivity contribution in [3.63, 3.8) is 0 Å². The summed E-state index contributed by atoms with van der Waals surface area (Å²) in [5.74, 6) is 0.690. The lowest BCUT2D eigenvalue weighted by Gasteiger charge is -2.35. The van der Waals surface area contributed by atoms with Gasteiger partial charge in [0.25, 0.3) is 5.91 Å². The fourth-order valence-electron chi connectivity index (χ4n) is 7.50. The number of piperazine rings is 1. The van der Waals surface area contributed by atoms with E-state index in [1.807, 2.05) is 35.7 Å². The molecule has 0 spiro atoms. The third-order valence-electron chi connectivity index (χ3n) is 10.4. The van der Waals surface area contributed by atoms with Gasteiger partial charge in [-0.3, -0.25) is 24.4 Å². The third kappa shape index (κ3) is 7.46. The van der Waals surface area contributed by atoms with Crippen LogP contribution in [0.25, 0.3) is 16.6 Å². The molecule has 2 atom stereocenters. The Balaban J connectivity index is 1.30. The molecule has 0 bridgehead atoms. The zero-order valence-electron chi connectivity index (χ0n) is 28.9. The van der Waals surface area contributed by atoms with Gasteiger partial charge in [-0.15, -0.1) is 0 Å². The Kier molecular flexibility index (Phi) is 10.8. The highest BCUT2D eigenvalue weighted by molar-refractivity contribution is 5.99. The fraction of sp³-hybridized carbons (Fsp3) is 0.595. The van der Waals surface area contributed by atoms with Gasteiger partial charge >= 0.3 is 0 Å². The van der Waals surface area contributed by atoms with Crippen molar-refractivity contribution in [1.29, 1.82) is 0 Å². The van der Waals surface area contributed by atoms with Gasteiger partial charge in [0.15, 0.2) is 0 Å². The Hall–Kier alpha value is -3.30. The number of pyridine rings is 1. The summed E-state index contributed by atoms with van der Waals surface area (Å²) in [7, 11) is 1.76. The number of aromatic nitrogens is 2. The van der Waals surface area contributed by atoms with Crippen LogP contribution in [0.5, 0.6) is 0 Å². The monoisotopic (exact) mass is 632 g/mol. The predicted molar refractivity (Wildman–Crippen MR) is 183 cm³/mol. The molecule has 9 heteroatoms. The van der Waals surface area contributed by atoms with Crippen molar-refractivity contribution in [3.05, 3.63) is 59.3 Å². The molecule has 46 heavy (non-hydrogen) atoms. The zero-order valence-corrected chi connectivity index (χ0v) is 28.9. The van der Waals surface area contributed by atoms with Gasteiger partial charge in [-0.1, -0.05) is 13.8 Å². The van der Waals surface area contributed by atoms with E-state index < -0.39 is 5.82 Å². The highest BCUT2D eigenvalue weighted by atomic mass is 19.1. The summed E-state index contributed by atoms with van der Waals surface area (Å²) in [6.45, 7) is 19.3. The molecule has 2 unspecified atom stereocenters. The molecule has 3 aromatic rings. The first-order valence-corrected chi connectivity index (χ1v) is 17.2. The number of carbonyl (C=O) groups excluding carboxylic acids is 2. The number of rotatable bonds is 11. The molecular weight excluding hydrogens is 579 g/mol. The van der Waals surface area contributed by atoms with E-state index in [1.165, 1.54) is 35.9 Å². The summed E-state index contributed by atoms with van der Waals surface area (Å²) in [5.41, 5.74) is 4.35. The Morgan fingerprint density at radius 2 is 1.80 bits per heavy atom. The van der Waals surface area contributed by atoms with Gasteiger partial charge < -0.3 is 14.4 Å². The van der Waals surface area contributed by atoms with Crippen LogP contribution < -0.4 is 0 Å². The second kappa shape index (κ2) is 14.6. The number of fused-ring (bicyclic) bond motifs is 1. The van der Waals surface area contributed by atoms with E-state index >= 15 is 0 Å². The minimum absolute atomic E-state index is 0.00653. The Labute approximate surface area is 274 Å². The maximum Gasteiger partial charge on any atom is 0.256 e. The van der Waals surface area contributed by atoms with Gasteiger partial charge in [-0.05, 0) is 101 Å². The Morgan fingerprint density at radius 1 is 1.07 bits per heavy atom. The van der Waals surface area contributed by atoms with Gasteiger partial charge in [-0.25, -0.2) is 4.39 Å². The van der Waals surface area contributed by atoms with Crippen LogP contribution in [0.1, 0.15) is 75.4 Å². The second-order valence-corrected chi connectivity index (χ2v) is 14.2. The van der Waals surface area contributed by atoms with Crippen molar-refractivity contribution < 1.29 is 14.0 Å². The van der Waals surface area contributed by atoms with Crippen LogP contribution in [0.15, 0.2) is 36.8 Å². The number of halogens is 1. The van der Waals surface area contributed by atoms with Crippen molar-refractivity contribution in [2.24, 2.45) is 11.8 Å². The normalized spacial score (nSPS) is 18.7. The van der Waals surface area contributed by atoms with E-state index in [0.29, 0.717) is 29.1 Å². The summed E-state index contributed by atoms with van der Waals surface area (Å²) < 4.78 is 16.5. The topological polar surface area (TPSA) is 64.9 Å². The molecule has 2 fully saturated rings. The minimum Gasteiger partial charge on any atom is -0.340 e. The zero-order chi connectivity index (χ0) is 33.1. The van der Waals surface area contributed by atoms with Crippen LogP contribution in [0.3, 0.4) is 0 Å². The summed E-state index contributed by atoms with van der Waals surface area (Å²) >= 11 is 0. The largest absolute Gasteiger partial charge is 0.340 e. The number of nitrogens with zero attached hydrogens (tertiary/aromatic N) is 6. The lowest BCUT2D eigenvalue weighted by Crippen LogP contribution is -2.48. The first-order chi connectivity index (χ1) is 21.9. The first kappa shape index (κ1) is 34.0. The molecule has 2 aromatic heterocycles. The van der Waals surface area contributed by atoms with Crippen molar-refractivity contribution in [2.75, 3.05) is 52.9 Å². The molecule has 0 saturated carbocycles. The number of hydrogen-bond acceptors (Lipinski definition) is 5. The number of likely N-dealkylation sites (tertiary alicyclic amines) is 1. The van der Waals surface area contributed by atoms with Gasteiger partial charge in [0, 0.05) is 76.6 Å². The molecule has 8 nitrogen and oxygen atoms in total. The molecule has 4 heterocycles. The standard InChI is InChI=1S/C37H53FN6O2/c1-25(2)33(9-8-13-41-15-17-42(18-16-41)28(6)45)43-14-12-29(23-43)19-30-24-44(35-22-39-21-27(5)36(30)35)34-11-10-31(38)20-32(34)37(46)40(7)26(3)4/h10-11,20-22,24-26,29,33H,8-9,12-19,23H2,1-7H3. The van der Waals surface area contributed by atoms with Crippen LogP contribution in [-0.4, -0.2) is 106 Å². The van der Waals surface area contributed by atoms with Crippen LogP contribution in [-0.2, 0) is 11.2 Å². The fourth-order valence-corrected chi connectivity index (χ4v) is 7.50. The Morgan fingerprint density at radius 3 is 2.48 bits per heavy atom. The van der Waals surface area contributed by atoms with Crippen LogP contribution in [0.2, 0.25) is 0 Å². The molecule has 2 saturated heterocycles. The van der Waals surface area contributed by atoms with Gasteiger partial charge in [-0.2, -0.15) is 0 Å². The first-order valence-electron chi connectivity index (χ1n) is 17.2. The van der Waals surface area contributed by atoms with E-state index in [9.17, 15) is 14.0 Å². The minimum atomic E-state index is -0.420. The molecule has 1 aromatic carbocycles. The number of aryl methyl sites for hydroxylation is 1. The maximum absolute atomic E-state index is 14.5. The molecule has 250 valence electrons. The molecule has 2 aliphatic rings. The Bertz CT molecular complexity index is 1530. The lowest BCUT2D eigenvalue weighted by molar-refractivity contribution is -0.130. The SMILES string of the molecule is CC(=O)N1CCN(CCCC(C(C)C)N2CCC(Cc3cn(-c4ccc(F)cc4C(=O)N(C)C(C)C)c4cncc(C)c34)C2)CC1. The smallest absolute Gasteiger partial charge is 0.256 e. The molecular formula is C37H53FN6O2.